The third kappa shape index (κ3) is 3.19. The van der Waals surface area contributed by atoms with Gasteiger partial charge in [-0.2, -0.15) is 4.37 Å². The Kier molecular flexibility index (Phi) is 4.23. The predicted molar refractivity (Wildman–Crippen MR) is 81.8 cm³/mol. The molecule has 2 rings (SSSR count). The van der Waals surface area contributed by atoms with Gasteiger partial charge in [-0.3, -0.25) is 4.79 Å². The summed E-state index contributed by atoms with van der Waals surface area (Å²) in [6, 6.07) is 7.05. The zero-order valence-electron chi connectivity index (χ0n) is 11.7. The van der Waals surface area contributed by atoms with Crippen molar-refractivity contribution in [2.24, 2.45) is 0 Å². The highest BCUT2D eigenvalue weighted by atomic mass is 32.1. The summed E-state index contributed by atoms with van der Waals surface area (Å²) in [5, 5.41) is 9.55. The number of likely N-dealkylation sites (N-methyl/N-ethyl adjacent to an activating group) is 1. The second kappa shape index (κ2) is 5.92. The highest BCUT2D eigenvalue weighted by molar-refractivity contribution is 7.11. The minimum Gasteiger partial charge on any atom is -0.478 e. The molecule has 1 amide bonds. The van der Waals surface area contributed by atoms with Crippen molar-refractivity contribution < 1.29 is 14.7 Å². The molecule has 6 nitrogen and oxygen atoms in total. The van der Waals surface area contributed by atoms with Crippen LogP contribution in [0.3, 0.4) is 0 Å². The normalized spacial score (nSPS) is 10.4. The summed E-state index contributed by atoms with van der Waals surface area (Å²) in [5.74, 6) is -1.30. The van der Waals surface area contributed by atoms with E-state index in [1.54, 1.807) is 38.2 Å². The number of carbonyl (C=O) groups is 2. The zero-order chi connectivity index (χ0) is 15.6. The molecule has 0 atom stereocenters. The Hall–Kier alpha value is -2.41. The van der Waals surface area contributed by atoms with Gasteiger partial charge in [-0.05, 0) is 36.2 Å². The zero-order valence-corrected chi connectivity index (χ0v) is 12.5. The summed E-state index contributed by atoms with van der Waals surface area (Å²) in [7, 11) is 1.55. The molecule has 0 fully saturated rings. The SMILES string of the molecule is Cc1nsc(N(C)C(=O)Cc2cccc(N)c2)c1C(=O)O. The van der Waals surface area contributed by atoms with Crippen molar-refractivity contribution in [1.29, 1.82) is 0 Å². The second-order valence-corrected chi connectivity index (χ2v) is 5.38. The summed E-state index contributed by atoms with van der Waals surface area (Å²) in [4.78, 5) is 24.9. The Morgan fingerprint density at radius 2 is 2.14 bits per heavy atom. The van der Waals surface area contributed by atoms with Crippen molar-refractivity contribution in [2.45, 2.75) is 13.3 Å². The van der Waals surface area contributed by atoms with Gasteiger partial charge in [0.2, 0.25) is 5.91 Å². The fraction of sp³-hybridized carbons (Fsp3) is 0.214. The second-order valence-electron chi connectivity index (χ2n) is 4.63. The Bertz CT molecular complexity index is 697. The largest absolute Gasteiger partial charge is 0.478 e. The molecule has 0 bridgehead atoms. The van der Waals surface area contributed by atoms with E-state index in [2.05, 4.69) is 4.37 Å². The number of nitrogen functional groups attached to an aromatic ring is 1. The highest BCUT2D eigenvalue weighted by Crippen LogP contribution is 2.28. The van der Waals surface area contributed by atoms with E-state index in [0.717, 1.165) is 17.1 Å². The van der Waals surface area contributed by atoms with Crippen molar-refractivity contribution in [3.8, 4) is 0 Å². The van der Waals surface area contributed by atoms with Gasteiger partial charge in [0.25, 0.3) is 0 Å². The van der Waals surface area contributed by atoms with E-state index in [1.165, 1.54) is 4.90 Å². The van der Waals surface area contributed by atoms with Gasteiger partial charge in [-0.1, -0.05) is 12.1 Å². The third-order valence-electron chi connectivity index (χ3n) is 3.04. The molecule has 1 aromatic carbocycles. The molecule has 0 unspecified atom stereocenters. The van der Waals surface area contributed by atoms with Gasteiger partial charge in [0.15, 0.2) is 0 Å². The first kappa shape index (κ1) is 15.0. The van der Waals surface area contributed by atoms with Crippen LogP contribution in [0, 0.1) is 6.92 Å². The average molecular weight is 305 g/mol. The molecule has 0 saturated heterocycles. The number of carboxylic acids is 1. The number of aromatic carboxylic acids is 1. The summed E-state index contributed by atoms with van der Waals surface area (Å²) >= 11 is 1.00. The molecule has 0 saturated carbocycles. The Morgan fingerprint density at radius 3 is 2.76 bits per heavy atom. The molecule has 21 heavy (non-hydrogen) atoms. The first-order valence-electron chi connectivity index (χ1n) is 6.20. The van der Waals surface area contributed by atoms with Crippen molar-refractivity contribution >= 4 is 34.1 Å². The third-order valence-corrected chi connectivity index (χ3v) is 4.06. The molecule has 0 aliphatic heterocycles. The molecule has 2 aromatic rings. The number of amides is 1. The average Bonchev–Trinajstić information content (AvgIpc) is 2.79. The fourth-order valence-corrected chi connectivity index (χ4v) is 2.81. The molecule has 1 aromatic heterocycles. The fourth-order valence-electron chi connectivity index (χ4n) is 1.94. The van der Waals surface area contributed by atoms with Gasteiger partial charge in [0.05, 0.1) is 12.1 Å². The van der Waals surface area contributed by atoms with Gasteiger partial charge >= 0.3 is 5.97 Å². The molecule has 0 radical (unpaired) electrons. The smallest absolute Gasteiger partial charge is 0.340 e. The van der Waals surface area contributed by atoms with Crippen LogP contribution in [-0.4, -0.2) is 28.4 Å². The van der Waals surface area contributed by atoms with Crippen LogP contribution >= 0.6 is 11.5 Å². The number of hydrogen-bond donors (Lipinski definition) is 2. The number of carbonyl (C=O) groups excluding carboxylic acids is 1. The van der Waals surface area contributed by atoms with E-state index in [1.807, 2.05) is 0 Å². The van der Waals surface area contributed by atoms with Gasteiger partial charge in [0.1, 0.15) is 10.6 Å². The van der Waals surface area contributed by atoms with Crippen LogP contribution in [0.15, 0.2) is 24.3 Å². The summed E-state index contributed by atoms with van der Waals surface area (Å²) in [6.45, 7) is 1.61. The minimum atomic E-state index is -1.08. The molecule has 0 spiro atoms. The Labute approximate surface area is 126 Å². The number of hydrogen-bond acceptors (Lipinski definition) is 5. The standard InChI is InChI=1S/C14H15N3O3S/c1-8-12(14(19)20)13(21-16-8)17(2)11(18)7-9-4-3-5-10(15)6-9/h3-6H,7,15H2,1-2H3,(H,19,20). The number of aryl methyl sites for hydroxylation is 1. The monoisotopic (exact) mass is 305 g/mol. The van der Waals surface area contributed by atoms with Crippen LogP contribution in [0.2, 0.25) is 0 Å². The number of carboxylic acid groups (broad SMARTS) is 1. The number of nitrogens with two attached hydrogens (primary N) is 1. The molecule has 1 heterocycles. The Balaban J connectivity index is 2.22. The highest BCUT2D eigenvalue weighted by Gasteiger charge is 2.23. The molecular formula is C14H15N3O3S. The van der Waals surface area contributed by atoms with Crippen molar-refractivity contribution in [3.63, 3.8) is 0 Å². The Morgan fingerprint density at radius 1 is 1.43 bits per heavy atom. The van der Waals surface area contributed by atoms with Crippen LogP contribution in [-0.2, 0) is 11.2 Å². The quantitative estimate of drug-likeness (QED) is 0.841. The van der Waals surface area contributed by atoms with E-state index >= 15 is 0 Å². The number of benzene rings is 1. The lowest BCUT2D eigenvalue weighted by molar-refractivity contribution is -0.117. The molecule has 110 valence electrons. The minimum absolute atomic E-state index is 0.0726. The van der Waals surface area contributed by atoms with Crippen LogP contribution in [0.5, 0.6) is 0 Å². The van der Waals surface area contributed by atoms with Gasteiger partial charge in [-0.25, -0.2) is 4.79 Å². The maximum Gasteiger partial charge on any atom is 0.340 e. The van der Waals surface area contributed by atoms with E-state index in [4.69, 9.17) is 5.73 Å². The molecule has 0 aliphatic carbocycles. The number of aromatic nitrogens is 1. The van der Waals surface area contributed by atoms with Gasteiger partial charge < -0.3 is 15.7 Å². The van der Waals surface area contributed by atoms with Crippen molar-refractivity contribution in [1.82, 2.24) is 4.37 Å². The summed E-state index contributed by atoms with van der Waals surface area (Å²) in [6.07, 6.45) is 0.150. The lowest BCUT2D eigenvalue weighted by atomic mass is 10.1. The summed E-state index contributed by atoms with van der Waals surface area (Å²) in [5.41, 5.74) is 7.53. The molecular weight excluding hydrogens is 290 g/mol. The van der Waals surface area contributed by atoms with E-state index in [0.29, 0.717) is 16.4 Å². The molecule has 7 heteroatoms. The van der Waals surface area contributed by atoms with Gasteiger partial charge in [0, 0.05) is 12.7 Å². The maximum atomic E-state index is 12.3. The van der Waals surface area contributed by atoms with Crippen molar-refractivity contribution in [2.75, 3.05) is 17.7 Å². The van der Waals surface area contributed by atoms with Crippen LogP contribution in [0.4, 0.5) is 10.7 Å². The number of rotatable bonds is 4. The topological polar surface area (TPSA) is 96.5 Å². The molecule has 3 N–H and O–H groups in total. The lowest BCUT2D eigenvalue weighted by Crippen LogP contribution is -2.28. The predicted octanol–water partition coefficient (Wildman–Crippen LogP) is 1.94. The van der Waals surface area contributed by atoms with E-state index < -0.39 is 5.97 Å². The maximum absolute atomic E-state index is 12.3. The number of nitrogens with zero attached hydrogens (tertiary/aromatic N) is 2. The molecule has 0 aliphatic rings. The van der Waals surface area contributed by atoms with Crippen LogP contribution in [0.25, 0.3) is 0 Å². The number of anilines is 2. The van der Waals surface area contributed by atoms with Gasteiger partial charge in [-0.15, -0.1) is 0 Å². The van der Waals surface area contributed by atoms with Crippen molar-refractivity contribution in [3.05, 3.63) is 41.1 Å². The van der Waals surface area contributed by atoms with Crippen LogP contribution < -0.4 is 10.6 Å². The first-order chi connectivity index (χ1) is 9.90. The first-order valence-corrected chi connectivity index (χ1v) is 6.98. The lowest BCUT2D eigenvalue weighted by Gasteiger charge is -2.16. The van der Waals surface area contributed by atoms with E-state index in [9.17, 15) is 14.7 Å². The van der Waals surface area contributed by atoms with Crippen LogP contribution in [0.1, 0.15) is 21.6 Å². The summed E-state index contributed by atoms with van der Waals surface area (Å²) < 4.78 is 4.01. The van der Waals surface area contributed by atoms with E-state index in [-0.39, 0.29) is 17.9 Å².